The molecule has 2 aromatic carbocycles. The highest BCUT2D eigenvalue weighted by Gasteiger charge is 2.35. The highest BCUT2D eigenvalue weighted by Crippen LogP contribution is 2.35. The van der Waals surface area contributed by atoms with E-state index in [0.29, 0.717) is 0 Å². The average Bonchev–Trinajstić information content (AvgIpc) is 2.70. The first-order chi connectivity index (χ1) is 14.5. The van der Waals surface area contributed by atoms with E-state index in [2.05, 4.69) is 117 Å². The second-order valence-electron chi connectivity index (χ2n) is 10.8. The predicted octanol–water partition coefficient (Wildman–Crippen LogP) is 7.35. The van der Waals surface area contributed by atoms with E-state index in [1.807, 2.05) is 0 Å². The molecule has 0 bridgehead atoms. The van der Waals surface area contributed by atoms with Crippen LogP contribution < -0.4 is 9.75 Å². The van der Waals surface area contributed by atoms with Gasteiger partial charge in [-0.3, -0.25) is 0 Å². The Morgan fingerprint density at radius 2 is 1.58 bits per heavy atom. The van der Waals surface area contributed by atoms with Gasteiger partial charge in [-0.2, -0.15) is 0 Å². The molecule has 3 aromatic rings. The van der Waals surface area contributed by atoms with Crippen LogP contribution in [-0.2, 0) is 12.5 Å². The predicted molar refractivity (Wildman–Crippen MR) is 140 cm³/mol. The van der Waals surface area contributed by atoms with Crippen molar-refractivity contribution < 1.29 is 4.57 Å². The zero-order valence-corrected chi connectivity index (χ0v) is 22.5. The maximum atomic E-state index is 2.52. The molecule has 0 aliphatic rings. The van der Waals surface area contributed by atoms with Gasteiger partial charge in [0.15, 0.2) is 6.20 Å². The fraction of sp³-hybridized carbons (Fsp3) is 0.483. The smallest absolute Gasteiger partial charge is 0.200 e. The Morgan fingerprint density at radius 1 is 0.935 bits per heavy atom. The summed E-state index contributed by atoms with van der Waals surface area (Å²) in [5.74, 6) is 0. The van der Waals surface area contributed by atoms with Crippen LogP contribution in [0.2, 0.25) is 17.6 Å². The van der Waals surface area contributed by atoms with Gasteiger partial charge in [-0.15, -0.1) is 0 Å². The van der Waals surface area contributed by atoms with Gasteiger partial charge in [-0.1, -0.05) is 83.9 Å². The van der Waals surface area contributed by atoms with Crippen molar-refractivity contribution in [1.29, 1.82) is 0 Å². The van der Waals surface area contributed by atoms with Gasteiger partial charge in [0.25, 0.3) is 0 Å². The lowest BCUT2D eigenvalue weighted by molar-refractivity contribution is -0.659. The summed E-state index contributed by atoms with van der Waals surface area (Å²) in [5, 5.41) is 4.36. The zero-order chi connectivity index (χ0) is 23.1. The lowest BCUT2D eigenvalue weighted by Gasteiger charge is -2.34. The van der Waals surface area contributed by atoms with Gasteiger partial charge in [0, 0.05) is 6.07 Å². The molecule has 0 unspecified atom stereocenters. The zero-order valence-electron chi connectivity index (χ0n) is 21.5. The molecule has 0 amide bonds. The number of benzene rings is 2. The quantitative estimate of drug-likeness (QED) is 0.293. The number of pyridine rings is 1. The first-order valence-electron chi connectivity index (χ1n) is 12.0. The normalized spacial score (nSPS) is 12.7. The van der Waals surface area contributed by atoms with E-state index < -0.39 is 8.07 Å². The Morgan fingerprint density at radius 3 is 2.13 bits per heavy atom. The number of aromatic nitrogens is 1. The number of hydrogen-bond donors (Lipinski definition) is 0. The van der Waals surface area contributed by atoms with Crippen molar-refractivity contribution >= 4 is 24.0 Å². The summed E-state index contributed by atoms with van der Waals surface area (Å²) >= 11 is 0. The van der Waals surface area contributed by atoms with E-state index in [-0.39, 0.29) is 5.41 Å². The Balaban J connectivity index is 2.31. The molecule has 1 aromatic heterocycles. The van der Waals surface area contributed by atoms with Crippen LogP contribution in [0, 0.1) is 13.8 Å². The summed E-state index contributed by atoms with van der Waals surface area (Å²) in [6, 6.07) is 17.1. The van der Waals surface area contributed by atoms with Crippen molar-refractivity contribution in [3.05, 3.63) is 59.3 Å². The number of aryl methyl sites for hydroxylation is 2. The van der Waals surface area contributed by atoms with Gasteiger partial charge in [-0.25, -0.2) is 4.57 Å². The van der Waals surface area contributed by atoms with Crippen molar-refractivity contribution in [2.45, 2.75) is 85.4 Å². The third kappa shape index (κ3) is 4.12. The summed E-state index contributed by atoms with van der Waals surface area (Å²) in [6.45, 7) is 21.1. The van der Waals surface area contributed by atoms with E-state index in [0.717, 1.165) is 5.54 Å². The first kappa shape index (κ1) is 23.7. The van der Waals surface area contributed by atoms with Gasteiger partial charge in [0.1, 0.15) is 7.05 Å². The minimum atomic E-state index is -1.48. The Kier molecular flexibility index (Phi) is 6.54. The summed E-state index contributed by atoms with van der Waals surface area (Å²) < 4.78 is 2.31. The molecule has 0 fully saturated rings. The molecular weight excluding hydrogens is 390 g/mol. The fourth-order valence-electron chi connectivity index (χ4n) is 5.36. The topological polar surface area (TPSA) is 3.88 Å². The van der Waals surface area contributed by atoms with Crippen LogP contribution in [0.1, 0.15) is 65.2 Å². The molecule has 0 aliphatic heterocycles. The Bertz CT molecular complexity index is 1100. The van der Waals surface area contributed by atoms with Crippen LogP contribution in [-0.4, -0.2) is 8.07 Å². The molecule has 31 heavy (non-hydrogen) atoms. The van der Waals surface area contributed by atoms with E-state index in [1.165, 1.54) is 50.8 Å². The number of rotatable bonds is 5. The van der Waals surface area contributed by atoms with Crippen molar-refractivity contribution in [3.8, 4) is 11.3 Å². The highest BCUT2D eigenvalue weighted by atomic mass is 28.3. The van der Waals surface area contributed by atoms with Crippen molar-refractivity contribution in [2.24, 2.45) is 7.05 Å². The summed E-state index contributed by atoms with van der Waals surface area (Å²) in [6.07, 6.45) is 2.25. The minimum absolute atomic E-state index is 0.133. The van der Waals surface area contributed by atoms with E-state index >= 15 is 0 Å². The number of hydrogen-bond acceptors (Lipinski definition) is 0. The maximum Gasteiger partial charge on any atom is 0.220 e. The van der Waals surface area contributed by atoms with Gasteiger partial charge in [0.2, 0.25) is 5.69 Å². The lowest BCUT2D eigenvalue weighted by Crippen LogP contribution is -2.49. The van der Waals surface area contributed by atoms with Crippen LogP contribution in [0.4, 0.5) is 0 Å². The molecule has 0 spiro atoms. The van der Waals surface area contributed by atoms with E-state index in [4.69, 9.17) is 0 Å². The molecule has 1 heterocycles. The van der Waals surface area contributed by atoms with Crippen LogP contribution >= 0.6 is 0 Å². The van der Waals surface area contributed by atoms with Gasteiger partial charge in [-0.05, 0) is 59.0 Å². The molecule has 2 heteroatoms. The number of fused-ring (bicyclic) bond motifs is 1. The number of nitrogens with zero attached hydrogens (tertiary/aromatic N) is 1. The largest absolute Gasteiger partial charge is 0.220 e. The first-order valence-corrected chi connectivity index (χ1v) is 14.5. The average molecular weight is 433 g/mol. The molecule has 0 N–H and O–H groups in total. The van der Waals surface area contributed by atoms with Crippen molar-refractivity contribution in [1.82, 2.24) is 0 Å². The fourth-order valence-corrected chi connectivity index (χ4v) is 9.84. The van der Waals surface area contributed by atoms with Gasteiger partial charge >= 0.3 is 0 Å². The minimum Gasteiger partial charge on any atom is -0.200 e. The molecule has 0 saturated carbocycles. The molecule has 1 nitrogen and oxygen atoms in total. The monoisotopic (exact) mass is 432 g/mol. The van der Waals surface area contributed by atoms with E-state index in [1.54, 1.807) is 5.19 Å². The molecule has 0 aliphatic carbocycles. The van der Waals surface area contributed by atoms with Crippen molar-refractivity contribution in [3.63, 3.8) is 0 Å². The summed E-state index contributed by atoms with van der Waals surface area (Å²) in [7, 11) is 0.702. The van der Waals surface area contributed by atoms with E-state index in [9.17, 15) is 0 Å². The molecule has 0 saturated heterocycles. The van der Waals surface area contributed by atoms with Crippen LogP contribution in [0.3, 0.4) is 0 Å². The highest BCUT2D eigenvalue weighted by molar-refractivity contribution is 6.92. The van der Waals surface area contributed by atoms with Crippen LogP contribution in [0.15, 0.2) is 42.6 Å². The molecular formula is C29H42NSi+. The Labute approximate surface area is 191 Å². The second-order valence-corrected chi connectivity index (χ2v) is 16.3. The summed E-state index contributed by atoms with van der Waals surface area (Å²) in [4.78, 5) is 0. The standard InChI is InChI=1S/C29H42NSi/c1-11-31(12-2,20(3)4)25-13-14-26-23(18-25)15-16-30(10)28(26)27-19-24(29(7,8)9)17-21(5)22(27)6/h13-20H,11-12H2,1-10H3/q+1. The van der Waals surface area contributed by atoms with Gasteiger partial charge < -0.3 is 0 Å². The SMILES string of the molecule is CC[Si](CC)(c1ccc2c(-c3cc(C(C)(C)C)cc(C)c3C)[n+](C)ccc2c1)C(C)C. The molecule has 0 radical (unpaired) electrons. The second kappa shape index (κ2) is 8.54. The van der Waals surface area contributed by atoms with Crippen LogP contribution in [0.5, 0.6) is 0 Å². The van der Waals surface area contributed by atoms with Gasteiger partial charge in [0.05, 0.1) is 19.0 Å². The van der Waals surface area contributed by atoms with Crippen molar-refractivity contribution in [2.75, 3.05) is 0 Å². The molecule has 0 atom stereocenters. The summed E-state index contributed by atoms with van der Waals surface area (Å²) in [5.41, 5.74) is 7.75. The van der Waals surface area contributed by atoms with Crippen LogP contribution in [0.25, 0.3) is 22.0 Å². The molecule has 166 valence electrons. The third-order valence-electron chi connectivity index (χ3n) is 7.87. The maximum absolute atomic E-state index is 2.52. The third-order valence-corrected chi connectivity index (χ3v) is 14.1. The lowest BCUT2D eigenvalue weighted by atomic mass is 9.83. The molecule has 3 rings (SSSR count). The Hall–Kier alpha value is -1.93.